The summed E-state index contributed by atoms with van der Waals surface area (Å²) in [5.74, 6) is 0. The number of carbonyl (C=O) groups is 14. The third-order valence-electron chi connectivity index (χ3n) is 19.8. The number of amides is 28. The molecule has 0 aromatic carbocycles. The summed E-state index contributed by atoms with van der Waals surface area (Å²) in [6, 6.07) is -13.6. The lowest BCUT2D eigenvalue weighted by Gasteiger charge is -2.36. The first-order valence-corrected chi connectivity index (χ1v) is 24.5. The molecule has 0 N–H and O–H groups in total. The van der Waals surface area contributed by atoms with E-state index in [9.17, 15) is 0 Å². The van der Waals surface area contributed by atoms with Gasteiger partial charge in [0.05, 0.1) is 0 Å². The number of urea groups is 14. The molecule has 22 rings (SSSR count). The van der Waals surface area contributed by atoms with Crippen molar-refractivity contribution in [2.75, 3.05) is 46.7 Å². The van der Waals surface area contributed by atoms with Crippen molar-refractivity contribution in [3.8, 4) is 0 Å². The molecule has 42 heteroatoms. The van der Waals surface area contributed by atoms with Gasteiger partial charge in [-0.25, -0.2) is 137 Å². The standard InChI is InChI=1S/C35H28N28O14/c64-22-36-1-37-9-11-39(23(37)65)3-41-13-15-43(25(41)67)5-45-17-19-47(27(45)69)7-49-21-20-48(28(49)70)6-46-18-16-44(26(46)68)4-42-14-12-40(24(42)66)2-38(22)10-8(36)50-29(71)52(10)54(12)31(73)56(14)58(16)33(75)60(18)62(20)35(77)63(21)61(19)34(76)59(17)57(15)32(74)55(13)53(11)30(72)51(9)50/h8-21H,1-7H2. The normalized spacial score (nSPS) is 41.8. The van der Waals surface area contributed by atoms with Gasteiger partial charge in [-0.15, -0.1) is 0 Å². The number of hydrazine groups is 7. The Morgan fingerprint density at radius 3 is 0.299 bits per heavy atom. The van der Waals surface area contributed by atoms with Gasteiger partial charge in [0.1, 0.15) is 46.7 Å². The number of hydrogen-bond acceptors (Lipinski definition) is 14. The Labute approximate surface area is 422 Å². The summed E-state index contributed by atoms with van der Waals surface area (Å²) in [7, 11) is 0. The molecule has 77 heavy (non-hydrogen) atoms. The second-order valence-corrected chi connectivity index (χ2v) is 22.1. The highest BCUT2D eigenvalue weighted by atomic mass is 16.3. The van der Waals surface area contributed by atoms with Crippen LogP contribution in [0.2, 0.25) is 0 Å². The SMILES string of the molecule is O=C1N2CN3C(=O)N4CN5C(=O)N6CN7C(=O)N8CN9C(=O)N%10CN%11C(=O)N%12CN%13C(=O)N%14CN1C1C2N2C(=O)N1N1C(=O)N(C%13C%141)N1C(=O)N(C%11C%121)N1C(=O)N(C9C%101)N1C(=O)N(C7C81)N1C(=O)N(C5C61)N1C(=O)N2C3C41. The van der Waals surface area contributed by atoms with Crippen molar-refractivity contribution < 1.29 is 67.1 Å². The molecule has 0 aromatic rings. The van der Waals surface area contributed by atoms with Crippen LogP contribution in [0.25, 0.3) is 0 Å². The van der Waals surface area contributed by atoms with Crippen LogP contribution >= 0.6 is 0 Å². The van der Waals surface area contributed by atoms with Crippen molar-refractivity contribution in [3.63, 3.8) is 0 Å². The Morgan fingerprint density at radius 1 is 0.143 bits per heavy atom. The zero-order chi connectivity index (χ0) is 51.3. The van der Waals surface area contributed by atoms with Gasteiger partial charge in [0.15, 0.2) is 86.3 Å². The number of rotatable bonds is 0. The zero-order valence-electron chi connectivity index (χ0n) is 38.3. The van der Waals surface area contributed by atoms with Gasteiger partial charge >= 0.3 is 84.4 Å². The summed E-state index contributed by atoms with van der Waals surface area (Å²) in [5, 5.41) is 13.1. The summed E-state index contributed by atoms with van der Waals surface area (Å²) in [6.45, 7) is -4.19. The van der Waals surface area contributed by atoms with E-state index in [1.807, 2.05) is 0 Å². The van der Waals surface area contributed by atoms with Gasteiger partial charge in [-0.1, -0.05) is 0 Å². The average molecular weight is 1060 g/mol. The minimum absolute atomic E-state index is 0.599. The molecule has 0 radical (unpaired) electrons. The first-order valence-electron chi connectivity index (χ1n) is 24.5. The number of nitrogens with zero attached hydrogens (tertiary/aromatic N) is 28. The molecule has 0 saturated carbocycles. The first-order chi connectivity index (χ1) is 37.1. The van der Waals surface area contributed by atoms with Gasteiger partial charge in [0, 0.05) is 0 Å². The van der Waals surface area contributed by atoms with Crippen LogP contribution < -0.4 is 0 Å². The fourth-order valence-electron chi connectivity index (χ4n) is 17.2. The lowest BCUT2D eigenvalue weighted by atomic mass is 10.4. The van der Waals surface area contributed by atoms with E-state index in [1.54, 1.807) is 0 Å². The van der Waals surface area contributed by atoms with E-state index in [-0.39, 0.29) is 0 Å². The third kappa shape index (κ3) is 3.02. The fraction of sp³-hybridized carbons (Fsp3) is 0.600. The van der Waals surface area contributed by atoms with E-state index in [1.165, 1.54) is 0 Å². The summed E-state index contributed by atoms with van der Waals surface area (Å²) in [5.41, 5.74) is 0. The highest BCUT2D eigenvalue weighted by Crippen LogP contribution is 2.58. The van der Waals surface area contributed by atoms with Crippen molar-refractivity contribution in [2.45, 2.75) is 86.3 Å². The number of carbonyl (C=O) groups excluding carboxylic acids is 14. The van der Waals surface area contributed by atoms with Crippen LogP contribution in [0.5, 0.6) is 0 Å². The van der Waals surface area contributed by atoms with E-state index < -0.39 is 217 Å². The van der Waals surface area contributed by atoms with Gasteiger partial charge in [0.2, 0.25) is 0 Å². The van der Waals surface area contributed by atoms with Crippen molar-refractivity contribution in [3.05, 3.63) is 0 Å². The van der Waals surface area contributed by atoms with E-state index in [2.05, 4.69) is 0 Å². The fourth-order valence-corrected chi connectivity index (χ4v) is 17.2. The monoisotopic (exact) mass is 1060 g/mol. The van der Waals surface area contributed by atoms with Gasteiger partial charge in [-0.05, 0) is 0 Å². The van der Waals surface area contributed by atoms with Crippen LogP contribution in [-0.4, -0.2) is 356 Å². The smallest absolute Gasteiger partial charge is 0.280 e. The van der Waals surface area contributed by atoms with E-state index >= 15 is 67.1 Å². The average Bonchev–Trinajstić information content (AvgIpc) is 3.71. The molecule has 22 saturated heterocycles. The minimum atomic E-state index is -1.51. The van der Waals surface area contributed by atoms with Gasteiger partial charge < -0.3 is 0 Å². The molecule has 14 atom stereocenters. The molecule has 22 aliphatic rings. The molecule has 28 amide bonds. The van der Waals surface area contributed by atoms with Crippen molar-refractivity contribution >= 4 is 84.4 Å². The highest BCUT2D eigenvalue weighted by Gasteiger charge is 2.84. The Bertz CT molecular complexity index is 2640. The van der Waals surface area contributed by atoms with Gasteiger partial charge in [-0.3, -0.25) is 68.6 Å². The Kier molecular flexibility index (Phi) is 4.95. The van der Waals surface area contributed by atoms with Crippen LogP contribution in [-0.2, 0) is 0 Å². The molecule has 42 nitrogen and oxygen atoms in total. The van der Waals surface area contributed by atoms with E-state index in [4.69, 9.17) is 0 Å². The Morgan fingerprint density at radius 2 is 0.221 bits per heavy atom. The summed E-state index contributed by atoms with van der Waals surface area (Å²) in [4.78, 5) is 232. The molecule has 0 aromatic heterocycles. The number of hydrogen-bond donors (Lipinski definition) is 0. The van der Waals surface area contributed by atoms with Crippen LogP contribution in [0.4, 0.5) is 67.1 Å². The Balaban J connectivity index is 0.810. The first kappa shape index (κ1) is 37.5. The second-order valence-electron chi connectivity index (χ2n) is 22.1. The van der Waals surface area contributed by atoms with Crippen molar-refractivity contribution in [2.24, 2.45) is 0 Å². The molecule has 392 valence electrons. The lowest BCUT2D eigenvalue weighted by molar-refractivity contribution is -0.0210. The topological polar surface area (TPSA) is 330 Å². The maximum Gasteiger partial charge on any atom is 0.362 e. The predicted octanol–water partition coefficient (Wildman–Crippen LogP) is -6.91. The zero-order valence-corrected chi connectivity index (χ0v) is 38.3. The van der Waals surface area contributed by atoms with Gasteiger partial charge in [0.25, 0.3) is 0 Å². The highest BCUT2D eigenvalue weighted by molar-refractivity contribution is 6.00. The molecule has 14 unspecified atom stereocenters. The van der Waals surface area contributed by atoms with Crippen LogP contribution in [0.15, 0.2) is 0 Å². The van der Waals surface area contributed by atoms with E-state index in [0.717, 1.165) is 139 Å². The summed E-state index contributed by atoms with van der Waals surface area (Å²) in [6.07, 6.45) is -21.2. The second kappa shape index (κ2) is 10.2. The van der Waals surface area contributed by atoms with Crippen LogP contribution in [0.3, 0.4) is 0 Å². The van der Waals surface area contributed by atoms with Gasteiger partial charge in [-0.2, -0.15) is 0 Å². The van der Waals surface area contributed by atoms with E-state index in [0.29, 0.717) is 0 Å². The molecule has 22 fully saturated rings. The van der Waals surface area contributed by atoms with Crippen LogP contribution in [0.1, 0.15) is 0 Å². The molecular weight excluding hydrogens is 1040 g/mol. The maximum atomic E-state index is 15.9. The third-order valence-corrected chi connectivity index (χ3v) is 19.8. The summed E-state index contributed by atoms with van der Waals surface area (Å²) >= 11 is 0. The molecule has 22 heterocycles. The lowest BCUT2D eigenvalue weighted by Crippen LogP contribution is -2.61. The molecule has 0 aliphatic carbocycles. The van der Waals surface area contributed by atoms with Crippen LogP contribution in [0, 0.1) is 0 Å². The predicted molar refractivity (Wildman–Crippen MR) is 214 cm³/mol. The molecule has 22 aliphatic heterocycles. The largest absolute Gasteiger partial charge is 0.362 e. The molecule has 28 bridgehead atoms. The quantitative estimate of drug-likeness (QED) is 0.218. The van der Waals surface area contributed by atoms with Crippen molar-refractivity contribution in [1.82, 2.24) is 139 Å². The maximum absolute atomic E-state index is 15.9. The molecular formula is C35H28N28O14. The van der Waals surface area contributed by atoms with Crippen molar-refractivity contribution in [1.29, 1.82) is 0 Å². The molecule has 0 spiro atoms. The summed E-state index contributed by atoms with van der Waals surface area (Å²) < 4.78 is 0. The minimum Gasteiger partial charge on any atom is -0.280 e. The Hall–Kier alpha value is -10.2.